The van der Waals surface area contributed by atoms with Crippen LogP contribution >= 0.6 is 0 Å². The molecule has 1 N–H and O–H groups in total. The van der Waals surface area contributed by atoms with Crippen LogP contribution in [0.5, 0.6) is 0 Å². The average Bonchev–Trinajstić information content (AvgIpc) is 3.05. The largest absolute Gasteiger partial charge is 0.322 e. The van der Waals surface area contributed by atoms with Gasteiger partial charge in [0, 0.05) is 28.8 Å². The molecule has 0 spiro atoms. The standard InChI is InChI=1S/C21H18N4O/c1-14-10-18(11-15(2)22-14)23-21(26)17-8-9-19-12-20(24-25(19)13-17)16-6-4-3-5-7-16/h3-13H,1-2H3,(H,22,23,26). The number of hydrogen-bond acceptors (Lipinski definition) is 3. The van der Waals surface area contributed by atoms with Crippen molar-refractivity contribution in [1.29, 1.82) is 0 Å². The van der Waals surface area contributed by atoms with Crippen LogP contribution in [-0.2, 0) is 0 Å². The summed E-state index contributed by atoms with van der Waals surface area (Å²) in [4.78, 5) is 16.9. The highest BCUT2D eigenvalue weighted by Gasteiger charge is 2.10. The zero-order valence-electron chi connectivity index (χ0n) is 14.6. The highest BCUT2D eigenvalue weighted by atomic mass is 16.1. The fraction of sp³-hybridized carbons (Fsp3) is 0.0952. The van der Waals surface area contributed by atoms with Crippen LogP contribution in [0.15, 0.2) is 66.9 Å². The molecular formula is C21H18N4O. The first-order valence-corrected chi connectivity index (χ1v) is 8.40. The Labute approximate surface area is 151 Å². The van der Waals surface area contributed by atoms with E-state index in [0.717, 1.165) is 33.8 Å². The van der Waals surface area contributed by atoms with Gasteiger partial charge in [0.05, 0.1) is 16.8 Å². The summed E-state index contributed by atoms with van der Waals surface area (Å²) < 4.78 is 1.74. The highest BCUT2D eigenvalue weighted by Crippen LogP contribution is 2.20. The van der Waals surface area contributed by atoms with Gasteiger partial charge in [-0.15, -0.1) is 0 Å². The molecule has 0 unspecified atom stereocenters. The molecule has 3 aromatic heterocycles. The summed E-state index contributed by atoms with van der Waals surface area (Å²) >= 11 is 0. The quantitative estimate of drug-likeness (QED) is 0.605. The Morgan fingerprint density at radius 1 is 0.962 bits per heavy atom. The van der Waals surface area contributed by atoms with Gasteiger partial charge in [-0.25, -0.2) is 4.52 Å². The summed E-state index contributed by atoms with van der Waals surface area (Å²) in [6, 6.07) is 19.4. The Balaban J connectivity index is 1.63. The van der Waals surface area contributed by atoms with E-state index in [0.29, 0.717) is 5.56 Å². The molecule has 4 aromatic rings. The number of pyridine rings is 2. The van der Waals surface area contributed by atoms with E-state index in [-0.39, 0.29) is 5.91 Å². The maximum atomic E-state index is 12.6. The number of aromatic nitrogens is 3. The molecule has 0 aliphatic carbocycles. The van der Waals surface area contributed by atoms with Crippen LogP contribution in [0, 0.1) is 13.8 Å². The molecule has 0 bridgehead atoms. The third-order valence-electron chi connectivity index (χ3n) is 4.13. The second-order valence-electron chi connectivity index (χ2n) is 6.28. The van der Waals surface area contributed by atoms with E-state index in [2.05, 4.69) is 15.4 Å². The Bertz CT molecular complexity index is 1080. The number of carbonyl (C=O) groups excluding carboxylic acids is 1. The van der Waals surface area contributed by atoms with E-state index in [1.807, 2.05) is 74.5 Å². The van der Waals surface area contributed by atoms with Gasteiger partial charge in [0.1, 0.15) is 0 Å². The molecule has 1 aromatic carbocycles. The zero-order valence-corrected chi connectivity index (χ0v) is 14.6. The number of rotatable bonds is 3. The first-order chi connectivity index (χ1) is 12.6. The predicted octanol–water partition coefficient (Wildman–Crippen LogP) is 4.27. The minimum Gasteiger partial charge on any atom is -0.322 e. The molecule has 0 saturated carbocycles. The fourth-order valence-corrected chi connectivity index (χ4v) is 2.98. The summed E-state index contributed by atoms with van der Waals surface area (Å²) in [6.07, 6.45) is 1.75. The molecular weight excluding hydrogens is 324 g/mol. The molecule has 3 heterocycles. The molecule has 0 aliphatic rings. The first-order valence-electron chi connectivity index (χ1n) is 8.40. The molecule has 1 amide bonds. The topological polar surface area (TPSA) is 59.3 Å². The van der Waals surface area contributed by atoms with Crippen LogP contribution in [0.2, 0.25) is 0 Å². The first kappa shape index (κ1) is 16.0. The molecule has 0 fully saturated rings. The van der Waals surface area contributed by atoms with Gasteiger partial charge >= 0.3 is 0 Å². The lowest BCUT2D eigenvalue weighted by Crippen LogP contribution is -2.13. The van der Waals surface area contributed by atoms with E-state index >= 15 is 0 Å². The van der Waals surface area contributed by atoms with Crippen molar-refractivity contribution in [3.05, 3.63) is 83.8 Å². The third kappa shape index (κ3) is 3.19. The number of nitrogens with one attached hydrogen (secondary N) is 1. The Kier molecular flexibility index (Phi) is 3.97. The number of nitrogens with zero attached hydrogens (tertiary/aromatic N) is 3. The normalized spacial score (nSPS) is 10.8. The van der Waals surface area contributed by atoms with Crippen LogP contribution in [0.4, 0.5) is 5.69 Å². The fourth-order valence-electron chi connectivity index (χ4n) is 2.98. The molecule has 5 nitrogen and oxygen atoms in total. The second kappa shape index (κ2) is 6.44. The lowest BCUT2D eigenvalue weighted by molar-refractivity contribution is 0.102. The summed E-state index contributed by atoms with van der Waals surface area (Å²) in [5.41, 5.74) is 5.90. The highest BCUT2D eigenvalue weighted by molar-refractivity contribution is 6.04. The van der Waals surface area contributed by atoms with Gasteiger partial charge in [0.15, 0.2) is 0 Å². The van der Waals surface area contributed by atoms with Crippen molar-refractivity contribution in [1.82, 2.24) is 14.6 Å². The van der Waals surface area contributed by atoms with Crippen LogP contribution in [-0.4, -0.2) is 20.5 Å². The van der Waals surface area contributed by atoms with Gasteiger partial charge in [-0.1, -0.05) is 30.3 Å². The second-order valence-corrected chi connectivity index (χ2v) is 6.28. The van der Waals surface area contributed by atoms with Crippen LogP contribution in [0.3, 0.4) is 0 Å². The van der Waals surface area contributed by atoms with E-state index < -0.39 is 0 Å². The Hall–Kier alpha value is -3.47. The summed E-state index contributed by atoms with van der Waals surface area (Å²) in [6.45, 7) is 3.81. The van der Waals surface area contributed by atoms with Crippen molar-refractivity contribution >= 4 is 17.1 Å². The van der Waals surface area contributed by atoms with E-state index in [1.165, 1.54) is 0 Å². The molecule has 128 valence electrons. The van der Waals surface area contributed by atoms with Crippen molar-refractivity contribution in [3.63, 3.8) is 0 Å². The maximum absolute atomic E-state index is 12.6. The van der Waals surface area contributed by atoms with Crippen molar-refractivity contribution in [2.45, 2.75) is 13.8 Å². The number of aryl methyl sites for hydroxylation is 2. The number of hydrogen-bond donors (Lipinski definition) is 1. The van der Waals surface area contributed by atoms with Crippen molar-refractivity contribution in [2.75, 3.05) is 5.32 Å². The predicted molar refractivity (Wildman–Crippen MR) is 102 cm³/mol. The average molecular weight is 342 g/mol. The summed E-state index contributed by atoms with van der Waals surface area (Å²) in [7, 11) is 0. The SMILES string of the molecule is Cc1cc(NC(=O)c2ccc3cc(-c4ccccc4)nn3c2)cc(C)n1. The van der Waals surface area contributed by atoms with Crippen molar-refractivity contribution < 1.29 is 4.79 Å². The minimum atomic E-state index is -0.173. The number of benzene rings is 1. The van der Waals surface area contributed by atoms with Crippen molar-refractivity contribution in [2.24, 2.45) is 0 Å². The van der Waals surface area contributed by atoms with Gasteiger partial charge in [-0.2, -0.15) is 5.10 Å². The minimum absolute atomic E-state index is 0.173. The lowest BCUT2D eigenvalue weighted by Gasteiger charge is -2.07. The molecule has 5 heteroatoms. The summed E-state index contributed by atoms with van der Waals surface area (Å²) in [5, 5.41) is 7.51. The van der Waals surface area contributed by atoms with E-state index in [9.17, 15) is 4.79 Å². The summed E-state index contributed by atoms with van der Waals surface area (Å²) in [5.74, 6) is -0.173. The van der Waals surface area contributed by atoms with Crippen LogP contribution < -0.4 is 5.32 Å². The van der Waals surface area contributed by atoms with Gasteiger partial charge in [0.2, 0.25) is 0 Å². The molecule has 0 aliphatic heterocycles. The van der Waals surface area contributed by atoms with Crippen LogP contribution in [0.1, 0.15) is 21.7 Å². The number of carbonyl (C=O) groups is 1. The number of amides is 1. The maximum Gasteiger partial charge on any atom is 0.257 e. The number of fused-ring (bicyclic) bond motifs is 1. The smallest absolute Gasteiger partial charge is 0.257 e. The van der Waals surface area contributed by atoms with Gasteiger partial charge in [0.25, 0.3) is 5.91 Å². The Morgan fingerprint density at radius 3 is 2.42 bits per heavy atom. The Morgan fingerprint density at radius 2 is 1.69 bits per heavy atom. The van der Waals surface area contributed by atoms with Gasteiger partial charge in [-0.3, -0.25) is 9.78 Å². The molecule has 4 rings (SSSR count). The molecule has 0 saturated heterocycles. The zero-order chi connectivity index (χ0) is 18.1. The molecule has 0 atom stereocenters. The lowest BCUT2D eigenvalue weighted by atomic mass is 10.1. The van der Waals surface area contributed by atoms with E-state index in [1.54, 1.807) is 10.7 Å². The van der Waals surface area contributed by atoms with Gasteiger partial charge < -0.3 is 5.32 Å². The molecule has 0 radical (unpaired) electrons. The monoisotopic (exact) mass is 342 g/mol. The number of anilines is 1. The van der Waals surface area contributed by atoms with Crippen molar-refractivity contribution in [3.8, 4) is 11.3 Å². The third-order valence-corrected chi connectivity index (χ3v) is 4.13. The molecule has 26 heavy (non-hydrogen) atoms. The van der Waals surface area contributed by atoms with Crippen LogP contribution in [0.25, 0.3) is 16.8 Å². The van der Waals surface area contributed by atoms with Gasteiger partial charge in [-0.05, 0) is 44.2 Å². The van der Waals surface area contributed by atoms with E-state index in [4.69, 9.17) is 0 Å².